The van der Waals surface area contributed by atoms with Gasteiger partial charge in [-0.1, -0.05) is 18.2 Å². The molecule has 3 aromatic heterocycles. The van der Waals surface area contributed by atoms with Crippen LogP contribution in [0.15, 0.2) is 73.2 Å². The highest BCUT2D eigenvalue weighted by molar-refractivity contribution is 6.03. The SMILES string of the molecule is Cc1cc(NC(=O)C2CC(=O)N(c3ccc(F)cc3)C2)n(-c2ncnc3c2cnn3-c2ccccc2)n1. The van der Waals surface area contributed by atoms with Gasteiger partial charge < -0.3 is 10.2 Å². The predicted octanol–water partition coefficient (Wildman–Crippen LogP) is 3.44. The summed E-state index contributed by atoms with van der Waals surface area (Å²) in [6, 6.07) is 17.0. The number of amides is 2. The highest BCUT2D eigenvalue weighted by atomic mass is 19.1. The molecule has 6 rings (SSSR count). The molecule has 0 saturated carbocycles. The number of aryl methyl sites for hydroxylation is 1. The number of rotatable bonds is 5. The Bertz CT molecular complexity index is 1630. The highest BCUT2D eigenvalue weighted by Crippen LogP contribution is 2.28. The van der Waals surface area contributed by atoms with Gasteiger partial charge in [-0.3, -0.25) is 9.59 Å². The summed E-state index contributed by atoms with van der Waals surface area (Å²) in [7, 11) is 0. The summed E-state index contributed by atoms with van der Waals surface area (Å²) < 4.78 is 16.5. The smallest absolute Gasteiger partial charge is 0.230 e. The zero-order valence-corrected chi connectivity index (χ0v) is 19.7. The molecule has 1 fully saturated rings. The number of aromatic nitrogens is 6. The number of nitrogens with zero attached hydrogens (tertiary/aromatic N) is 7. The third-order valence-electron chi connectivity index (χ3n) is 6.26. The lowest BCUT2D eigenvalue weighted by Crippen LogP contribution is -2.28. The van der Waals surface area contributed by atoms with Crippen LogP contribution in [0.2, 0.25) is 0 Å². The van der Waals surface area contributed by atoms with Crippen molar-refractivity contribution in [2.45, 2.75) is 13.3 Å². The second-order valence-corrected chi connectivity index (χ2v) is 8.78. The molecule has 10 nitrogen and oxygen atoms in total. The van der Waals surface area contributed by atoms with Crippen molar-refractivity contribution in [3.05, 3.63) is 84.7 Å². The van der Waals surface area contributed by atoms with Gasteiger partial charge in [0.05, 0.1) is 28.9 Å². The maximum absolute atomic E-state index is 13.3. The molecule has 1 N–H and O–H groups in total. The van der Waals surface area contributed by atoms with Crippen LogP contribution in [0.25, 0.3) is 22.5 Å². The van der Waals surface area contributed by atoms with Crippen LogP contribution in [0.1, 0.15) is 12.1 Å². The Morgan fingerprint density at radius 1 is 1.03 bits per heavy atom. The molecular weight excluding hydrogens is 475 g/mol. The van der Waals surface area contributed by atoms with E-state index in [9.17, 15) is 14.0 Å². The van der Waals surface area contributed by atoms with Gasteiger partial charge in [0, 0.05) is 24.7 Å². The largest absolute Gasteiger partial charge is 0.312 e. The number of halogens is 1. The van der Waals surface area contributed by atoms with Gasteiger partial charge in [0.2, 0.25) is 11.8 Å². The lowest BCUT2D eigenvalue weighted by Gasteiger charge is -2.16. The van der Waals surface area contributed by atoms with E-state index in [0.717, 1.165) is 5.69 Å². The number of carbonyl (C=O) groups excluding carboxylic acids is 2. The summed E-state index contributed by atoms with van der Waals surface area (Å²) in [5, 5.41) is 12.6. The van der Waals surface area contributed by atoms with Gasteiger partial charge in [0.25, 0.3) is 0 Å². The van der Waals surface area contributed by atoms with E-state index >= 15 is 0 Å². The van der Waals surface area contributed by atoms with Gasteiger partial charge in [-0.2, -0.15) is 14.9 Å². The minimum Gasteiger partial charge on any atom is -0.312 e. The van der Waals surface area contributed by atoms with Crippen LogP contribution >= 0.6 is 0 Å². The topological polar surface area (TPSA) is 111 Å². The minimum atomic E-state index is -0.576. The molecule has 2 amide bonds. The second kappa shape index (κ2) is 8.94. The summed E-state index contributed by atoms with van der Waals surface area (Å²) in [5.74, 6) is -0.589. The summed E-state index contributed by atoms with van der Waals surface area (Å²) >= 11 is 0. The molecule has 11 heteroatoms. The third kappa shape index (κ3) is 4.10. The average molecular weight is 497 g/mol. The lowest BCUT2D eigenvalue weighted by atomic mass is 10.1. The van der Waals surface area contributed by atoms with E-state index in [4.69, 9.17) is 0 Å². The van der Waals surface area contributed by atoms with Crippen LogP contribution in [0.3, 0.4) is 0 Å². The van der Waals surface area contributed by atoms with E-state index in [2.05, 4.69) is 25.5 Å². The molecule has 1 atom stereocenters. The van der Waals surface area contributed by atoms with Crippen molar-refractivity contribution in [3.8, 4) is 11.5 Å². The van der Waals surface area contributed by atoms with Crippen molar-refractivity contribution in [3.63, 3.8) is 0 Å². The van der Waals surface area contributed by atoms with Crippen LogP contribution < -0.4 is 10.2 Å². The van der Waals surface area contributed by atoms with Gasteiger partial charge in [-0.05, 0) is 43.3 Å². The van der Waals surface area contributed by atoms with Crippen molar-refractivity contribution in [2.24, 2.45) is 5.92 Å². The molecule has 4 heterocycles. The summed E-state index contributed by atoms with van der Waals surface area (Å²) in [4.78, 5) is 36.1. The lowest BCUT2D eigenvalue weighted by molar-refractivity contribution is -0.122. The Balaban J connectivity index is 1.28. The second-order valence-electron chi connectivity index (χ2n) is 8.78. The highest BCUT2D eigenvalue weighted by Gasteiger charge is 2.35. The first kappa shape index (κ1) is 22.5. The molecule has 1 aliphatic rings. The van der Waals surface area contributed by atoms with E-state index in [0.29, 0.717) is 34.1 Å². The molecule has 2 aromatic carbocycles. The van der Waals surface area contributed by atoms with Crippen molar-refractivity contribution in [2.75, 3.05) is 16.8 Å². The molecule has 0 spiro atoms. The number of hydrogen-bond donors (Lipinski definition) is 1. The van der Waals surface area contributed by atoms with Crippen LogP contribution in [0.5, 0.6) is 0 Å². The molecule has 5 aromatic rings. The van der Waals surface area contributed by atoms with Crippen molar-refractivity contribution in [1.82, 2.24) is 29.5 Å². The molecule has 0 bridgehead atoms. The van der Waals surface area contributed by atoms with Crippen molar-refractivity contribution in [1.29, 1.82) is 0 Å². The van der Waals surface area contributed by atoms with Gasteiger partial charge in [0.15, 0.2) is 11.5 Å². The van der Waals surface area contributed by atoms with Crippen LogP contribution in [-0.2, 0) is 9.59 Å². The van der Waals surface area contributed by atoms with E-state index in [1.54, 1.807) is 21.6 Å². The Labute approximate surface area is 210 Å². The van der Waals surface area contributed by atoms with Crippen molar-refractivity contribution < 1.29 is 14.0 Å². The number of anilines is 2. The monoisotopic (exact) mass is 496 g/mol. The normalized spacial score (nSPS) is 15.5. The molecule has 0 aliphatic carbocycles. The third-order valence-corrected chi connectivity index (χ3v) is 6.26. The Kier molecular flexibility index (Phi) is 5.44. The summed E-state index contributed by atoms with van der Waals surface area (Å²) in [6.07, 6.45) is 3.14. The van der Waals surface area contributed by atoms with Gasteiger partial charge in [0.1, 0.15) is 18.0 Å². The molecule has 1 unspecified atom stereocenters. The molecule has 184 valence electrons. The van der Waals surface area contributed by atoms with E-state index in [-0.39, 0.29) is 30.6 Å². The van der Waals surface area contributed by atoms with Crippen LogP contribution in [0.4, 0.5) is 15.9 Å². The average Bonchev–Trinajstić information content (AvgIpc) is 3.61. The van der Waals surface area contributed by atoms with Gasteiger partial charge in [-0.15, -0.1) is 0 Å². The number of nitrogens with one attached hydrogen (secondary N) is 1. The van der Waals surface area contributed by atoms with Gasteiger partial charge in [-0.25, -0.2) is 19.0 Å². The Morgan fingerprint density at radius 3 is 2.59 bits per heavy atom. The molecule has 37 heavy (non-hydrogen) atoms. The number of fused-ring (bicyclic) bond motifs is 1. The van der Waals surface area contributed by atoms with E-state index < -0.39 is 5.92 Å². The zero-order valence-electron chi connectivity index (χ0n) is 19.7. The minimum absolute atomic E-state index is 0.0535. The number of carbonyl (C=O) groups is 2. The predicted molar refractivity (Wildman–Crippen MR) is 134 cm³/mol. The molecule has 1 saturated heterocycles. The first-order valence-electron chi connectivity index (χ1n) is 11.7. The Hall–Kier alpha value is -4.93. The summed E-state index contributed by atoms with van der Waals surface area (Å²) in [5.41, 5.74) is 2.68. The number of hydrogen-bond acceptors (Lipinski definition) is 6. The fraction of sp³-hybridized carbons (Fsp3) is 0.154. The fourth-order valence-electron chi connectivity index (χ4n) is 4.49. The molecule has 0 radical (unpaired) electrons. The first-order chi connectivity index (χ1) is 18.0. The quantitative estimate of drug-likeness (QED) is 0.399. The van der Waals surface area contributed by atoms with Crippen molar-refractivity contribution >= 4 is 34.4 Å². The zero-order chi connectivity index (χ0) is 25.5. The number of para-hydroxylation sites is 1. The fourth-order valence-corrected chi connectivity index (χ4v) is 4.49. The van der Waals surface area contributed by atoms with Gasteiger partial charge >= 0.3 is 0 Å². The van der Waals surface area contributed by atoms with Crippen LogP contribution in [-0.4, -0.2) is 47.9 Å². The summed E-state index contributed by atoms with van der Waals surface area (Å²) in [6.45, 7) is 2.01. The first-order valence-corrected chi connectivity index (χ1v) is 11.7. The van der Waals surface area contributed by atoms with Crippen LogP contribution in [0, 0.1) is 18.7 Å². The van der Waals surface area contributed by atoms with E-state index in [1.807, 2.05) is 37.3 Å². The molecular formula is C26H21FN8O2. The molecule has 1 aliphatic heterocycles. The number of benzene rings is 2. The standard InChI is InChI=1S/C26H21FN8O2/c1-16-11-22(31-26(37)17-12-23(36)33(14-17)19-9-7-18(27)8-10-19)35(32-16)25-21-13-30-34(24(21)28-15-29-25)20-5-3-2-4-6-20/h2-11,13,15,17H,12,14H2,1H3,(H,31,37). The maximum Gasteiger partial charge on any atom is 0.230 e. The van der Waals surface area contributed by atoms with E-state index in [1.165, 1.54) is 35.5 Å². The Morgan fingerprint density at radius 2 is 1.81 bits per heavy atom. The maximum atomic E-state index is 13.3.